The van der Waals surface area contributed by atoms with Gasteiger partial charge in [-0.25, -0.2) is 4.79 Å². The monoisotopic (exact) mass is 260 g/mol. The smallest absolute Gasteiger partial charge is 0.339 e. The number of carbonyl (C=O) groups excluding carboxylic acids is 1. The molecule has 0 saturated heterocycles. The van der Waals surface area contributed by atoms with Crippen molar-refractivity contribution in [3.63, 3.8) is 0 Å². The Bertz CT molecular complexity index is 682. The maximum atomic E-state index is 11.8. The summed E-state index contributed by atoms with van der Waals surface area (Å²) in [6.07, 6.45) is 0.937. The van der Waals surface area contributed by atoms with Crippen LogP contribution in [0.1, 0.15) is 31.4 Å². The van der Waals surface area contributed by atoms with Gasteiger partial charge < -0.3 is 9.15 Å². The van der Waals surface area contributed by atoms with Crippen molar-refractivity contribution in [1.29, 1.82) is 0 Å². The van der Waals surface area contributed by atoms with Gasteiger partial charge in [0.05, 0.1) is 0 Å². The van der Waals surface area contributed by atoms with Gasteiger partial charge in [0.25, 0.3) is 0 Å². The van der Waals surface area contributed by atoms with Gasteiger partial charge in [-0.2, -0.15) is 0 Å². The van der Waals surface area contributed by atoms with Crippen LogP contribution < -0.4 is 10.4 Å². The molecule has 0 aliphatic rings. The van der Waals surface area contributed by atoms with Crippen LogP contribution in [0.4, 0.5) is 0 Å². The lowest BCUT2D eigenvalue weighted by Gasteiger charge is -2.07. The molecule has 0 fully saturated rings. The molecule has 4 nitrogen and oxygen atoms in total. The summed E-state index contributed by atoms with van der Waals surface area (Å²) in [4.78, 5) is 23.0. The Hall–Kier alpha value is -2.10. The molecule has 0 unspecified atom stereocenters. The van der Waals surface area contributed by atoms with Crippen molar-refractivity contribution < 1.29 is 13.9 Å². The highest BCUT2D eigenvalue weighted by atomic mass is 16.5. The molecule has 0 N–H and O–H groups in total. The Morgan fingerprint density at radius 1 is 1.32 bits per heavy atom. The molecular weight excluding hydrogens is 244 g/mol. The molecule has 0 spiro atoms. The van der Waals surface area contributed by atoms with Crippen molar-refractivity contribution >= 4 is 16.9 Å². The first-order valence-electron chi connectivity index (χ1n) is 6.33. The Balaban J connectivity index is 2.56. The van der Waals surface area contributed by atoms with Gasteiger partial charge in [-0.1, -0.05) is 13.8 Å². The van der Waals surface area contributed by atoms with Crippen molar-refractivity contribution in [3.05, 3.63) is 39.7 Å². The van der Waals surface area contributed by atoms with E-state index < -0.39 is 0 Å². The maximum Gasteiger partial charge on any atom is 0.339 e. The molecule has 19 heavy (non-hydrogen) atoms. The lowest BCUT2D eigenvalue weighted by Crippen LogP contribution is -2.09. The number of ether oxygens (including phenoxy) is 1. The van der Waals surface area contributed by atoms with Crippen LogP contribution in [0.3, 0.4) is 0 Å². The lowest BCUT2D eigenvalue weighted by molar-refractivity contribution is -0.134. The van der Waals surface area contributed by atoms with E-state index in [0.717, 1.165) is 10.9 Å². The third-order valence-electron chi connectivity index (χ3n) is 3.13. The minimum atomic E-state index is -0.327. The number of carbonyl (C=O) groups is 1. The molecule has 0 aliphatic heterocycles. The molecule has 2 aromatic rings. The zero-order chi connectivity index (χ0) is 14.0. The molecule has 4 heteroatoms. The second kappa shape index (κ2) is 5.26. The largest absolute Gasteiger partial charge is 0.426 e. The summed E-state index contributed by atoms with van der Waals surface area (Å²) in [7, 11) is 0. The molecule has 100 valence electrons. The molecular formula is C15H16O4. The summed E-state index contributed by atoms with van der Waals surface area (Å²) < 4.78 is 10.4. The van der Waals surface area contributed by atoms with Crippen LogP contribution in [0.25, 0.3) is 11.0 Å². The summed E-state index contributed by atoms with van der Waals surface area (Å²) in [5.74, 6) is 0.0785. The van der Waals surface area contributed by atoms with Crippen molar-refractivity contribution in [2.75, 3.05) is 0 Å². The first-order chi connectivity index (χ1) is 9.06. The molecule has 1 aromatic carbocycles. The maximum absolute atomic E-state index is 11.8. The van der Waals surface area contributed by atoms with Crippen LogP contribution in [0, 0.1) is 6.92 Å². The fourth-order valence-electron chi connectivity index (χ4n) is 2.05. The van der Waals surface area contributed by atoms with Crippen LogP contribution in [-0.2, 0) is 11.2 Å². The molecule has 0 saturated carbocycles. The molecule has 2 rings (SSSR count). The Labute approximate surface area is 111 Å². The molecule has 0 radical (unpaired) electrons. The van der Waals surface area contributed by atoms with Crippen molar-refractivity contribution in [3.8, 4) is 5.75 Å². The van der Waals surface area contributed by atoms with E-state index in [2.05, 4.69) is 0 Å². The zero-order valence-electron chi connectivity index (χ0n) is 11.3. The fourth-order valence-corrected chi connectivity index (χ4v) is 2.05. The average Bonchev–Trinajstić information content (AvgIpc) is 2.38. The second-order valence-corrected chi connectivity index (χ2v) is 4.33. The van der Waals surface area contributed by atoms with Crippen molar-refractivity contribution in [1.82, 2.24) is 0 Å². The molecule has 1 aromatic heterocycles. The number of hydrogen-bond donors (Lipinski definition) is 0. The number of hydrogen-bond acceptors (Lipinski definition) is 4. The average molecular weight is 260 g/mol. The second-order valence-electron chi connectivity index (χ2n) is 4.33. The topological polar surface area (TPSA) is 56.5 Å². The van der Waals surface area contributed by atoms with Gasteiger partial charge in [0.2, 0.25) is 0 Å². The third-order valence-corrected chi connectivity index (χ3v) is 3.13. The van der Waals surface area contributed by atoms with Gasteiger partial charge in [-0.3, -0.25) is 4.79 Å². The van der Waals surface area contributed by atoms with E-state index in [1.54, 1.807) is 19.1 Å². The van der Waals surface area contributed by atoms with E-state index in [0.29, 0.717) is 29.7 Å². The summed E-state index contributed by atoms with van der Waals surface area (Å²) in [5.41, 5.74) is 1.72. The Morgan fingerprint density at radius 2 is 2.05 bits per heavy atom. The molecule has 1 heterocycles. The predicted molar refractivity (Wildman–Crippen MR) is 72.5 cm³/mol. The van der Waals surface area contributed by atoms with Gasteiger partial charge in [0.15, 0.2) is 0 Å². The first kappa shape index (κ1) is 13.3. The molecule has 0 aliphatic carbocycles. The summed E-state index contributed by atoms with van der Waals surface area (Å²) >= 11 is 0. The number of fused-ring (bicyclic) bond motifs is 1. The van der Waals surface area contributed by atoms with Gasteiger partial charge in [-0.15, -0.1) is 0 Å². The minimum absolute atomic E-state index is 0.301. The standard InChI is InChI=1S/C15H16O4/c1-4-11-9(3)12-7-6-10(18-14(16)5-2)8-13(12)19-15(11)17/h6-8H,4-5H2,1-3H3. The number of benzene rings is 1. The normalized spacial score (nSPS) is 10.7. The van der Waals surface area contributed by atoms with Gasteiger partial charge in [-0.05, 0) is 31.0 Å². The van der Waals surface area contributed by atoms with Crippen LogP contribution in [0.2, 0.25) is 0 Å². The Kier molecular flexibility index (Phi) is 3.69. The quantitative estimate of drug-likeness (QED) is 0.483. The highest BCUT2D eigenvalue weighted by Gasteiger charge is 2.11. The SMILES string of the molecule is CCC(=O)Oc1ccc2c(C)c(CC)c(=O)oc2c1. The highest BCUT2D eigenvalue weighted by molar-refractivity contribution is 5.83. The van der Waals surface area contributed by atoms with Crippen LogP contribution in [0.15, 0.2) is 27.4 Å². The van der Waals surface area contributed by atoms with Gasteiger partial charge >= 0.3 is 11.6 Å². The van der Waals surface area contributed by atoms with E-state index in [1.807, 2.05) is 19.9 Å². The zero-order valence-corrected chi connectivity index (χ0v) is 11.3. The van der Waals surface area contributed by atoms with Crippen LogP contribution in [-0.4, -0.2) is 5.97 Å². The molecule has 0 amide bonds. The molecule has 0 bridgehead atoms. The molecule has 0 atom stereocenters. The van der Waals surface area contributed by atoms with Crippen LogP contribution in [0.5, 0.6) is 5.75 Å². The van der Waals surface area contributed by atoms with Crippen molar-refractivity contribution in [2.24, 2.45) is 0 Å². The number of rotatable bonds is 3. The summed E-state index contributed by atoms with van der Waals surface area (Å²) in [6, 6.07) is 5.10. The predicted octanol–water partition coefficient (Wildman–Crippen LogP) is 2.98. The van der Waals surface area contributed by atoms with Crippen molar-refractivity contribution in [2.45, 2.75) is 33.6 Å². The fraction of sp³-hybridized carbons (Fsp3) is 0.333. The number of esters is 1. The lowest BCUT2D eigenvalue weighted by atomic mass is 10.0. The third kappa shape index (κ3) is 2.52. The first-order valence-corrected chi connectivity index (χ1v) is 6.33. The minimum Gasteiger partial charge on any atom is -0.426 e. The summed E-state index contributed by atoms with van der Waals surface area (Å²) in [5, 5.41) is 0.868. The van der Waals surface area contributed by atoms with E-state index in [-0.39, 0.29) is 11.6 Å². The summed E-state index contributed by atoms with van der Waals surface area (Å²) in [6.45, 7) is 5.54. The number of aryl methyl sites for hydroxylation is 1. The highest BCUT2D eigenvalue weighted by Crippen LogP contribution is 2.24. The van der Waals surface area contributed by atoms with E-state index >= 15 is 0 Å². The van der Waals surface area contributed by atoms with E-state index in [1.165, 1.54) is 0 Å². The van der Waals surface area contributed by atoms with Crippen LogP contribution >= 0.6 is 0 Å². The van der Waals surface area contributed by atoms with E-state index in [9.17, 15) is 9.59 Å². The van der Waals surface area contributed by atoms with Gasteiger partial charge in [0.1, 0.15) is 11.3 Å². The Morgan fingerprint density at radius 3 is 2.68 bits per heavy atom. The van der Waals surface area contributed by atoms with E-state index in [4.69, 9.17) is 9.15 Å². The van der Waals surface area contributed by atoms with Gasteiger partial charge in [0, 0.05) is 23.4 Å².